The first-order valence-electron chi connectivity index (χ1n) is 21.7. The van der Waals surface area contributed by atoms with Gasteiger partial charge in [-0.15, -0.1) is 0 Å². The molecule has 60 heavy (non-hydrogen) atoms. The zero-order chi connectivity index (χ0) is 43.1. The summed E-state index contributed by atoms with van der Waals surface area (Å²) >= 11 is 0. The van der Waals surface area contributed by atoms with Gasteiger partial charge < -0.3 is 25.3 Å². The Morgan fingerprint density at radius 2 is 1.45 bits per heavy atom. The second-order valence-electron chi connectivity index (χ2n) is 17.8. The second-order valence-corrected chi connectivity index (χ2v) is 22.1. The first kappa shape index (κ1) is 44.4. The van der Waals surface area contributed by atoms with Gasteiger partial charge in [0, 0.05) is 19.4 Å². The summed E-state index contributed by atoms with van der Waals surface area (Å²) < 4.78 is 7.04. The number of ketones is 1. The number of nitrogens with zero attached hydrogens (tertiary/aromatic N) is 1. The standard InChI is InChI=1S/C49H62N4O6Si/c1-7-49(6)47(58)51-41(33-35-29-30-36-20-17-18-21-37(36)32-35)46(57)53-31-19-27-42(53)45(56)50-40(44(55)52-49)26-15-10-16-28-43(54)34(2)59-60(48(3,4)5,38-22-11-8-12-23-38)39-24-13-9-14-25-39/h8-9,11-14,17-18,20-25,29-30,32,34,40-42H,7,10,15-16,19,26-28,31,33H2,1-6H3,(H,50,56)(H,51,58)(H,52,55)/t34-,40+,41+,42-,49+/m1/s1. The van der Waals surface area contributed by atoms with Crippen molar-refractivity contribution in [3.8, 4) is 0 Å². The van der Waals surface area contributed by atoms with E-state index < -0.39 is 49.9 Å². The third kappa shape index (κ3) is 9.74. The molecule has 318 valence electrons. The minimum Gasteiger partial charge on any atom is -0.398 e. The van der Waals surface area contributed by atoms with Crippen molar-refractivity contribution < 1.29 is 28.4 Å². The van der Waals surface area contributed by atoms with Crippen LogP contribution in [-0.2, 0) is 34.8 Å². The van der Waals surface area contributed by atoms with Gasteiger partial charge in [-0.05, 0) is 77.7 Å². The Morgan fingerprint density at radius 1 is 0.817 bits per heavy atom. The Kier molecular flexibility index (Phi) is 14.1. The topological polar surface area (TPSA) is 134 Å². The van der Waals surface area contributed by atoms with Gasteiger partial charge in [0.05, 0.1) is 0 Å². The number of fused-ring (bicyclic) bond motifs is 2. The molecule has 2 heterocycles. The Balaban J connectivity index is 1.12. The summed E-state index contributed by atoms with van der Waals surface area (Å²) in [7, 11) is -2.91. The third-order valence-electron chi connectivity index (χ3n) is 12.6. The summed E-state index contributed by atoms with van der Waals surface area (Å²) in [5.41, 5.74) is -0.455. The van der Waals surface area contributed by atoms with Crippen molar-refractivity contribution in [1.29, 1.82) is 0 Å². The van der Waals surface area contributed by atoms with Crippen molar-refractivity contribution in [2.24, 2.45) is 0 Å². The van der Waals surface area contributed by atoms with Gasteiger partial charge in [0.1, 0.15) is 29.8 Å². The van der Waals surface area contributed by atoms with Crippen LogP contribution in [0.2, 0.25) is 5.04 Å². The molecule has 2 saturated heterocycles. The van der Waals surface area contributed by atoms with Crippen LogP contribution >= 0.6 is 0 Å². The van der Waals surface area contributed by atoms with Crippen molar-refractivity contribution in [2.75, 3.05) is 6.54 Å². The van der Waals surface area contributed by atoms with E-state index in [-0.39, 0.29) is 35.5 Å². The molecule has 6 rings (SSSR count). The van der Waals surface area contributed by atoms with Crippen LogP contribution in [0.3, 0.4) is 0 Å². The highest BCUT2D eigenvalue weighted by Gasteiger charge is 2.51. The lowest BCUT2D eigenvalue weighted by Crippen LogP contribution is -2.68. The molecule has 0 aromatic heterocycles. The van der Waals surface area contributed by atoms with Gasteiger partial charge in [0.15, 0.2) is 5.78 Å². The maximum Gasteiger partial charge on any atom is 0.262 e. The van der Waals surface area contributed by atoms with Crippen LogP contribution in [0.1, 0.15) is 98.5 Å². The molecule has 4 amide bonds. The summed E-state index contributed by atoms with van der Waals surface area (Å²) in [6.07, 6.45) is 3.40. The quantitative estimate of drug-likeness (QED) is 0.104. The number of carbonyl (C=O) groups excluding carboxylic acids is 5. The largest absolute Gasteiger partial charge is 0.398 e. The van der Waals surface area contributed by atoms with Crippen molar-refractivity contribution in [2.45, 2.75) is 134 Å². The predicted molar refractivity (Wildman–Crippen MR) is 239 cm³/mol. The molecule has 0 aliphatic carbocycles. The van der Waals surface area contributed by atoms with Gasteiger partial charge in [-0.1, -0.05) is 144 Å². The summed E-state index contributed by atoms with van der Waals surface area (Å²) in [6, 6.07) is 31.9. The monoisotopic (exact) mass is 830 g/mol. The molecular formula is C49H62N4O6Si. The normalized spacial score (nSPS) is 22.2. The molecule has 0 saturated carbocycles. The van der Waals surface area contributed by atoms with Crippen molar-refractivity contribution in [1.82, 2.24) is 20.9 Å². The van der Waals surface area contributed by atoms with Crippen LogP contribution in [0.4, 0.5) is 0 Å². The smallest absolute Gasteiger partial charge is 0.262 e. The summed E-state index contributed by atoms with van der Waals surface area (Å²) in [6.45, 7) is 12.3. The molecule has 0 unspecified atom stereocenters. The molecule has 4 aromatic carbocycles. The molecule has 2 aliphatic heterocycles. The van der Waals surface area contributed by atoms with Crippen LogP contribution in [0.25, 0.3) is 10.8 Å². The van der Waals surface area contributed by atoms with Gasteiger partial charge in [-0.3, -0.25) is 24.0 Å². The zero-order valence-corrected chi connectivity index (χ0v) is 37.1. The van der Waals surface area contributed by atoms with E-state index in [4.69, 9.17) is 4.43 Å². The molecule has 0 radical (unpaired) electrons. The van der Waals surface area contributed by atoms with E-state index >= 15 is 0 Å². The second kappa shape index (κ2) is 19.1. The number of hydrogen-bond donors (Lipinski definition) is 3. The van der Waals surface area contributed by atoms with Crippen molar-refractivity contribution in [3.63, 3.8) is 0 Å². The fourth-order valence-electron chi connectivity index (χ4n) is 8.87. The van der Waals surface area contributed by atoms with E-state index in [2.05, 4.69) is 61.0 Å². The molecule has 11 heteroatoms. The zero-order valence-electron chi connectivity index (χ0n) is 36.1. The lowest BCUT2D eigenvalue weighted by atomic mass is 9.94. The van der Waals surface area contributed by atoms with Gasteiger partial charge >= 0.3 is 0 Å². The molecule has 10 nitrogen and oxygen atoms in total. The average Bonchev–Trinajstić information content (AvgIpc) is 3.74. The summed E-state index contributed by atoms with van der Waals surface area (Å²) in [5, 5.41) is 13.0. The number of rotatable bonds is 14. The maximum atomic E-state index is 14.3. The molecule has 3 N–H and O–H groups in total. The van der Waals surface area contributed by atoms with E-state index in [0.29, 0.717) is 51.5 Å². The number of hydrogen-bond acceptors (Lipinski definition) is 6. The number of Topliss-reactive ketones (excluding diaryl/α,β-unsaturated/α-hetero) is 1. The van der Waals surface area contributed by atoms with Crippen molar-refractivity contribution in [3.05, 3.63) is 109 Å². The van der Waals surface area contributed by atoms with Gasteiger partial charge in [-0.25, -0.2) is 0 Å². The molecular weight excluding hydrogens is 769 g/mol. The summed E-state index contributed by atoms with van der Waals surface area (Å²) in [5.74, 6) is -1.57. The Morgan fingerprint density at radius 3 is 2.08 bits per heavy atom. The fourth-order valence-corrected chi connectivity index (χ4v) is 13.6. The number of benzene rings is 4. The number of carbonyl (C=O) groups is 5. The average molecular weight is 831 g/mol. The highest BCUT2D eigenvalue weighted by molar-refractivity contribution is 6.99. The minimum absolute atomic E-state index is 0.0228. The van der Waals surface area contributed by atoms with E-state index in [0.717, 1.165) is 26.7 Å². The van der Waals surface area contributed by atoms with Crippen molar-refractivity contribution >= 4 is 58.9 Å². The molecule has 0 spiro atoms. The van der Waals surface area contributed by atoms with Gasteiger partial charge in [0.2, 0.25) is 23.6 Å². The Hall–Kier alpha value is -5.13. The molecule has 0 bridgehead atoms. The molecule has 5 atom stereocenters. The molecule has 2 fully saturated rings. The number of nitrogens with one attached hydrogen (secondary N) is 3. The Labute approximate surface area is 356 Å². The van der Waals surface area contributed by atoms with Gasteiger partial charge in [0.25, 0.3) is 8.32 Å². The first-order chi connectivity index (χ1) is 28.7. The maximum absolute atomic E-state index is 14.3. The lowest BCUT2D eigenvalue weighted by Gasteiger charge is -2.44. The fraction of sp³-hybridized carbons (Fsp3) is 0.449. The Bertz CT molecular complexity index is 2120. The summed E-state index contributed by atoms with van der Waals surface area (Å²) in [4.78, 5) is 71.6. The SMILES string of the molecule is CC[C@]1(C)NC(=O)[C@H](CCCCCC(=O)[C@@H](C)O[Si](c2ccccc2)(c2ccccc2)C(C)(C)C)NC(=O)[C@H]2CCCN2C(=O)[C@H](Cc2ccc3ccccc3c2)NC1=O. The van der Waals surface area contributed by atoms with E-state index in [1.54, 1.807) is 11.8 Å². The highest BCUT2D eigenvalue weighted by Crippen LogP contribution is 2.38. The highest BCUT2D eigenvalue weighted by atomic mass is 28.4. The first-order valence-corrected chi connectivity index (χ1v) is 23.6. The van der Waals surface area contributed by atoms with E-state index in [9.17, 15) is 24.0 Å². The minimum atomic E-state index is -2.91. The van der Waals surface area contributed by atoms with Crippen LogP contribution < -0.4 is 26.3 Å². The van der Waals surface area contributed by atoms with Gasteiger partial charge in [-0.2, -0.15) is 0 Å². The lowest BCUT2D eigenvalue weighted by molar-refractivity contribution is -0.144. The number of amides is 4. The van der Waals surface area contributed by atoms with Crippen LogP contribution in [0.15, 0.2) is 103 Å². The predicted octanol–water partition coefficient (Wildman–Crippen LogP) is 6.13. The van der Waals surface area contributed by atoms with Crippen LogP contribution in [-0.4, -0.2) is 78.9 Å². The van der Waals surface area contributed by atoms with Crippen LogP contribution in [0.5, 0.6) is 0 Å². The van der Waals surface area contributed by atoms with E-state index in [1.165, 1.54) is 0 Å². The molecule has 2 aliphatic rings. The van der Waals surface area contributed by atoms with Crippen LogP contribution in [0, 0.1) is 0 Å². The molecule has 4 aromatic rings. The number of unbranched alkanes of at least 4 members (excludes halogenated alkanes) is 2. The van der Waals surface area contributed by atoms with E-state index in [1.807, 2.05) is 92.7 Å². The third-order valence-corrected chi connectivity index (χ3v) is 17.7.